The Kier molecular flexibility index (Phi) is 3.57. The molecule has 1 heterocycles. The maximum absolute atomic E-state index is 11.8. The van der Waals surface area contributed by atoms with Crippen LogP contribution in [-0.2, 0) is 9.53 Å². The minimum atomic E-state index is -0.244. The first-order valence-corrected chi connectivity index (χ1v) is 5.74. The number of nitrogens with one attached hydrogen (secondary N) is 1. The summed E-state index contributed by atoms with van der Waals surface area (Å²) in [6.07, 6.45) is 1.58. The Hall–Kier alpha value is -1.35. The highest BCUT2D eigenvalue weighted by Gasteiger charge is 2.24. The molecule has 1 aliphatic heterocycles. The Morgan fingerprint density at radius 3 is 2.81 bits per heavy atom. The van der Waals surface area contributed by atoms with E-state index in [2.05, 4.69) is 5.32 Å². The topological polar surface area (TPSA) is 38.3 Å². The number of amides is 1. The monoisotopic (exact) mass is 219 g/mol. The number of ether oxygens (including phenoxy) is 1. The second-order valence-corrected chi connectivity index (χ2v) is 4.14. The van der Waals surface area contributed by atoms with Gasteiger partial charge in [-0.1, -0.05) is 30.3 Å². The molecule has 2 atom stereocenters. The number of carbonyl (C=O) groups is 1. The van der Waals surface area contributed by atoms with Gasteiger partial charge in [-0.3, -0.25) is 4.79 Å². The third-order valence-corrected chi connectivity index (χ3v) is 2.88. The molecule has 0 saturated carbocycles. The first-order chi connectivity index (χ1) is 7.77. The van der Waals surface area contributed by atoms with E-state index >= 15 is 0 Å². The van der Waals surface area contributed by atoms with Crippen molar-refractivity contribution in [2.24, 2.45) is 0 Å². The van der Waals surface area contributed by atoms with Crippen molar-refractivity contribution in [3.05, 3.63) is 35.9 Å². The molecule has 1 aliphatic rings. The van der Waals surface area contributed by atoms with Crippen molar-refractivity contribution in [1.82, 2.24) is 5.32 Å². The van der Waals surface area contributed by atoms with Gasteiger partial charge in [-0.2, -0.15) is 0 Å². The van der Waals surface area contributed by atoms with Gasteiger partial charge in [0.1, 0.15) is 6.10 Å². The van der Waals surface area contributed by atoms with E-state index in [1.165, 1.54) is 0 Å². The second-order valence-electron chi connectivity index (χ2n) is 4.14. The number of benzene rings is 1. The third kappa shape index (κ3) is 2.61. The molecule has 1 N–H and O–H groups in total. The van der Waals surface area contributed by atoms with Crippen LogP contribution in [0.5, 0.6) is 0 Å². The Bertz CT molecular complexity index is 344. The zero-order valence-corrected chi connectivity index (χ0v) is 9.48. The van der Waals surface area contributed by atoms with Gasteiger partial charge < -0.3 is 10.1 Å². The molecule has 2 rings (SSSR count). The average molecular weight is 219 g/mol. The number of hydrogen-bond donors (Lipinski definition) is 1. The van der Waals surface area contributed by atoms with E-state index in [1.54, 1.807) is 0 Å². The van der Waals surface area contributed by atoms with E-state index in [0.29, 0.717) is 6.61 Å². The van der Waals surface area contributed by atoms with Crippen molar-refractivity contribution in [2.45, 2.75) is 31.9 Å². The van der Waals surface area contributed by atoms with Crippen molar-refractivity contribution < 1.29 is 9.53 Å². The summed E-state index contributed by atoms with van der Waals surface area (Å²) in [5.41, 5.74) is 1.12. The zero-order valence-electron chi connectivity index (χ0n) is 9.48. The minimum Gasteiger partial charge on any atom is -0.368 e. The van der Waals surface area contributed by atoms with Crippen LogP contribution in [0.3, 0.4) is 0 Å². The van der Waals surface area contributed by atoms with Crippen LogP contribution in [0.25, 0.3) is 0 Å². The zero-order chi connectivity index (χ0) is 11.4. The van der Waals surface area contributed by atoms with Crippen molar-refractivity contribution >= 4 is 5.91 Å². The van der Waals surface area contributed by atoms with E-state index in [9.17, 15) is 4.79 Å². The predicted octanol–water partition coefficient (Wildman–Crippen LogP) is 2.04. The van der Waals surface area contributed by atoms with Gasteiger partial charge in [0.15, 0.2) is 0 Å². The molecular weight excluding hydrogens is 202 g/mol. The molecule has 0 unspecified atom stereocenters. The van der Waals surface area contributed by atoms with Crippen molar-refractivity contribution in [3.63, 3.8) is 0 Å². The highest BCUT2D eigenvalue weighted by molar-refractivity contribution is 5.81. The summed E-state index contributed by atoms with van der Waals surface area (Å²) in [6.45, 7) is 2.69. The third-order valence-electron chi connectivity index (χ3n) is 2.88. The maximum Gasteiger partial charge on any atom is 0.249 e. The van der Waals surface area contributed by atoms with Gasteiger partial charge in [0, 0.05) is 6.61 Å². The fraction of sp³-hybridized carbons (Fsp3) is 0.462. The normalized spacial score (nSPS) is 21.7. The van der Waals surface area contributed by atoms with Gasteiger partial charge in [-0.15, -0.1) is 0 Å². The van der Waals surface area contributed by atoms with Gasteiger partial charge in [0.25, 0.3) is 0 Å². The van der Waals surface area contributed by atoms with Crippen LogP contribution in [0.2, 0.25) is 0 Å². The predicted molar refractivity (Wildman–Crippen MR) is 62.0 cm³/mol. The van der Waals surface area contributed by atoms with Crippen LogP contribution in [0.4, 0.5) is 0 Å². The van der Waals surface area contributed by atoms with E-state index in [0.717, 1.165) is 18.4 Å². The summed E-state index contributed by atoms with van der Waals surface area (Å²) in [4.78, 5) is 11.8. The highest BCUT2D eigenvalue weighted by atomic mass is 16.5. The molecule has 1 aromatic rings. The Morgan fingerprint density at radius 2 is 2.19 bits per heavy atom. The first-order valence-electron chi connectivity index (χ1n) is 5.74. The van der Waals surface area contributed by atoms with Crippen molar-refractivity contribution in [3.8, 4) is 0 Å². The summed E-state index contributed by atoms with van der Waals surface area (Å²) >= 11 is 0. The largest absolute Gasteiger partial charge is 0.368 e. The van der Waals surface area contributed by atoms with E-state index in [4.69, 9.17) is 4.74 Å². The molecule has 1 amide bonds. The van der Waals surface area contributed by atoms with Crippen LogP contribution in [-0.4, -0.2) is 18.6 Å². The average Bonchev–Trinajstić information content (AvgIpc) is 2.83. The lowest BCUT2D eigenvalue weighted by atomic mass is 10.1. The Balaban J connectivity index is 1.92. The molecule has 0 radical (unpaired) electrons. The minimum absolute atomic E-state index is 0.00820. The lowest BCUT2D eigenvalue weighted by Gasteiger charge is -2.16. The summed E-state index contributed by atoms with van der Waals surface area (Å²) in [5, 5.41) is 2.97. The van der Waals surface area contributed by atoms with E-state index in [1.807, 2.05) is 37.3 Å². The number of hydrogen-bond acceptors (Lipinski definition) is 2. The van der Waals surface area contributed by atoms with Gasteiger partial charge in [-0.05, 0) is 25.3 Å². The Morgan fingerprint density at radius 1 is 1.44 bits per heavy atom. The quantitative estimate of drug-likeness (QED) is 0.844. The molecular formula is C13H17NO2. The number of rotatable bonds is 3. The van der Waals surface area contributed by atoms with Crippen molar-refractivity contribution in [1.29, 1.82) is 0 Å². The molecule has 3 heteroatoms. The fourth-order valence-corrected chi connectivity index (χ4v) is 1.92. The molecule has 1 aromatic carbocycles. The Labute approximate surface area is 95.8 Å². The lowest BCUT2D eigenvalue weighted by molar-refractivity contribution is -0.130. The van der Waals surface area contributed by atoms with Crippen LogP contribution >= 0.6 is 0 Å². The molecule has 0 bridgehead atoms. The number of carbonyl (C=O) groups excluding carboxylic acids is 1. The van der Waals surface area contributed by atoms with Crippen LogP contribution in [0, 0.1) is 0 Å². The van der Waals surface area contributed by atoms with Crippen molar-refractivity contribution in [2.75, 3.05) is 6.61 Å². The SMILES string of the molecule is C[C@H](NC(=O)[C@@H]1CCCO1)c1ccccc1. The molecule has 0 aliphatic carbocycles. The smallest absolute Gasteiger partial charge is 0.249 e. The van der Waals surface area contributed by atoms with Gasteiger partial charge >= 0.3 is 0 Å². The summed E-state index contributed by atoms with van der Waals surface area (Å²) in [7, 11) is 0. The molecule has 0 spiro atoms. The van der Waals surface area contributed by atoms with E-state index < -0.39 is 0 Å². The molecule has 86 valence electrons. The lowest BCUT2D eigenvalue weighted by Crippen LogP contribution is -2.35. The molecule has 1 fully saturated rings. The van der Waals surface area contributed by atoms with Crippen LogP contribution in [0.1, 0.15) is 31.4 Å². The molecule has 0 aromatic heterocycles. The molecule has 16 heavy (non-hydrogen) atoms. The standard InChI is InChI=1S/C13H17NO2/c1-10(11-6-3-2-4-7-11)14-13(15)12-8-5-9-16-12/h2-4,6-7,10,12H,5,8-9H2,1H3,(H,14,15)/t10-,12-/m0/s1. The summed E-state index contributed by atoms with van der Waals surface area (Å²) in [6, 6.07) is 9.99. The first kappa shape index (κ1) is 11.1. The highest BCUT2D eigenvalue weighted by Crippen LogP contribution is 2.15. The van der Waals surface area contributed by atoms with Gasteiger partial charge in [0.2, 0.25) is 5.91 Å². The second kappa shape index (κ2) is 5.12. The van der Waals surface area contributed by atoms with Gasteiger partial charge in [0.05, 0.1) is 6.04 Å². The van der Waals surface area contributed by atoms with E-state index in [-0.39, 0.29) is 18.1 Å². The fourth-order valence-electron chi connectivity index (χ4n) is 1.92. The maximum atomic E-state index is 11.8. The summed E-state index contributed by atoms with van der Waals surface area (Å²) < 4.78 is 5.34. The summed E-state index contributed by atoms with van der Waals surface area (Å²) in [5.74, 6) is 0.00820. The molecule has 3 nitrogen and oxygen atoms in total. The van der Waals surface area contributed by atoms with Gasteiger partial charge in [-0.25, -0.2) is 0 Å². The van der Waals surface area contributed by atoms with Crippen LogP contribution in [0.15, 0.2) is 30.3 Å². The van der Waals surface area contributed by atoms with Crippen LogP contribution < -0.4 is 5.32 Å². The molecule has 1 saturated heterocycles.